The lowest BCUT2D eigenvalue weighted by Crippen LogP contribution is -2.30. The first-order chi connectivity index (χ1) is 9.81. The summed E-state index contributed by atoms with van der Waals surface area (Å²) in [6.45, 7) is 1.51. The Labute approximate surface area is 119 Å². The monoisotopic (exact) mass is 296 g/mol. The van der Waals surface area contributed by atoms with E-state index < -0.39 is 34.2 Å². The number of carbonyl (C=O) groups is 2. The second-order valence-corrected chi connectivity index (χ2v) is 4.95. The highest BCUT2D eigenvalue weighted by Crippen LogP contribution is 2.28. The van der Waals surface area contributed by atoms with E-state index in [1.165, 1.54) is 11.8 Å². The van der Waals surface area contributed by atoms with E-state index in [0.29, 0.717) is 0 Å². The zero-order chi connectivity index (χ0) is 15.7. The van der Waals surface area contributed by atoms with E-state index >= 15 is 0 Å². The van der Waals surface area contributed by atoms with E-state index in [1.54, 1.807) is 0 Å². The highest BCUT2D eigenvalue weighted by atomic mass is 19.1. The lowest BCUT2D eigenvalue weighted by molar-refractivity contribution is -0.385. The molecule has 1 aliphatic rings. The molecule has 1 aromatic carbocycles. The number of hydrogen-bond donors (Lipinski definition) is 1. The van der Waals surface area contributed by atoms with E-state index in [2.05, 4.69) is 0 Å². The molecule has 1 heterocycles. The second kappa shape index (κ2) is 5.47. The molecule has 112 valence electrons. The van der Waals surface area contributed by atoms with Gasteiger partial charge in [-0.1, -0.05) is 0 Å². The van der Waals surface area contributed by atoms with E-state index in [9.17, 15) is 24.1 Å². The SMILES string of the molecule is Cc1cc(F)cc(C(=O)N2CCC(C(=O)O)C2)c1[N+](=O)[O-]. The highest BCUT2D eigenvalue weighted by Gasteiger charge is 2.34. The Kier molecular flexibility index (Phi) is 3.88. The number of amides is 1. The van der Waals surface area contributed by atoms with Crippen LogP contribution >= 0.6 is 0 Å². The largest absolute Gasteiger partial charge is 0.481 e. The van der Waals surface area contributed by atoms with Crippen LogP contribution in [0.15, 0.2) is 12.1 Å². The predicted octanol–water partition coefficient (Wildman–Crippen LogP) is 1.59. The van der Waals surface area contributed by atoms with Crippen molar-refractivity contribution in [3.63, 3.8) is 0 Å². The normalized spacial score (nSPS) is 17.8. The van der Waals surface area contributed by atoms with Gasteiger partial charge < -0.3 is 10.0 Å². The fourth-order valence-corrected chi connectivity index (χ4v) is 2.46. The van der Waals surface area contributed by atoms with Crippen LogP contribution in [0.25, 0.3) is 0 Å². The van der Waals surface area contributed by atoms with Crippen LogP contribution in [-0.4, -0.2) is 39.9 Å². The van der Waals surface area contributed by atoms with Crippen molar-refractivity contribution < 1.29 is 24.0 Å². The first-order valence-electron chi connectivity index (χ1n) is 6.28. The van der Waals surface area contributed by atoms with Gasteiger partial charge in [0.2, 0.25) is 0 Å². The molecule has 0 aromatic heterocycles. The molecule has 2 rings (SSSR count). The van der Waals surface area contributed by atoms with Crippen molar-refractivity contribution in [1.82, 2.24) is 4.90 Å². The van der Waals surface area contributed by atoms with Crippen LogP contribution in [0.5, 0.6) is 0 Å². The van der Waals surface area contributed by atoms with Crippen LogP contribution in [0.4, 0.5) is 10.1 Å². The maximum absolute atomic E-state index is 13.4. The number of likely N-dealkylation sites (tertiary alicyclic amines) is 1. The summed E-state index contributed by atoms with van der Waals surface area (Å²) in [5.41, 5.74) is -0.735. The van der Waals surface area contributed by atoms with Crippen molar-refractivity contribution in [3.8, 4) is 0 Å². The Morgan fingerprint density at radius 2 is 2.14 bits per heavy atom. The van der Waals surface area contributed by atoms with Crippen LogP contribution in [0.2, 0.25) is 0 Å². The zero-order valence-corrected chi connectivity index (χ0v) is 11.2. The van der Waals surface area contributed by atoms with E-state index in [0.717, 1.165) is 12.1 Å². The Bertz CT molecular complexity index is 631. The number of rotatable bonds is 3. The van der Waals surface area contributed by atoms with Crippen molar-refractivity contribution in [3.05, 3.63) is 39.2 Å². The lowest BCUT2D eigenvalue weighted by atomic mass is 10.1. The smallest absolute Gasteiger partial charge is 0.308 e. The fourth-order valence-electron chi connectivity index (χ4n) is 2.46. The van der Waals surface area contributed by atoms with Gasteiger partial charge in [-0.15, -0.1) is 0 Å². The third-order valence-electron chi connectivity index (χ3n) is 3.50. The van der Waals surface area contributed by atoms with E-state index in [4.69, 9.17) is 5.11 Å². The van der Waals surface area contributed by atoms with E-state index in [1.807, 2.05) is 0 Å². The van der Waals surface area contributed by atoms with Gasteiger partial charge in [0.1, 0.15) is 11.4 Å². The lowest BCUT2D eigenvalue weighted by Gasteiger charge is -2.16. The number of carboxylic acid groups (broad SMARTS) is 1. The summed E-state index contributed by atoms with van der Waals surface area (Å²) in [6.07, 6.45) is 0.281. The summed E-state index contributed by atoms with van der Waals surface area (Å²) in [5.74, 6) is -3.17. The predicted molar refractivity (Wildman–Crippen MR) is 69.4 cm³/mol. The van der Waals surface area contributed by atoms with Crippen LogP contribution in [-0.2, 0) is 4.79 Å². The number of carbonyl (C=O) groups excluding carboxylic acids is 1. The van der Waals surface area contributed by atoms with Gasteiger partial charge >= 0.3 is 5.97 Å². The summed E-state index contributed by atoms with van der Waals surface area (Å²) >= 11 is 0. The second-order valence-electron chi connectivity index (χ2n) is 4.95. The molecule has 1 atom stereocenters. The van der Waals surface area contributed by atoms with Crippen molar-refractivity contribution >= 4 is 17.6 Å². The fraction of sp³-hybridized carbons (Fsp3) is 0.385. The summed E-state index contributed by atoms with van der Waals surface area (Å²) in [7, 11) is 0. The Hall–Kier alpha value is -2.51. The first kappa shape index (κ1) is 14.9. The number of carboxylic acids is 1. The molecule has 0 bridgehead atoms. The molecule has 1 fully saturated rings. The minimum Gasteiger partial charge on any atom is -0.481 e. The van der Waals surface area contributed by atoms with Gasteiger partial charge in [-0.25, -0.2) is 4.39 Å². The van der Waals surface area contributed by atoms with Crippen LogP contribution in [0.3, 0.4) is 0 Å². The molecule has 1 unspecified atom stereocenters. The number of nitrogens with zero attached hydrogens (tertiary/aromatic N) is 2. The summed E-state index contributed by atoms with van der Waals surface area (Å²) in [4.78, 5) is 34.7. The van der Waals surface area contributed by atoms with Gasteiger partial charge in [0.25, 0.3) is 11.6 Å². The number of hydrogen-bond acceptors (Lipinski definition) is 4. The topological polar surface area (TPSA) is 101 Å². The summed E-state index contributed by atoms with van der Waals surface area (Å²) in [5, 5.41) is 20.0. The number of halogens is 1. The number of benzene rings is 1. The first-order valence-corrected chi connectivity index (χ1v) is 6.28. The molecule has 1 N–H and O–H groups in total. The quantitative estimate of drug-likeness (QED) is 0.674. The molecule has 1 amide bonds. The molecule has 0 saturated carbocycles. The number of nitro benzene ring substituents is 1. The van der Waals surface area contributed by atoms with E-state index in [-0.39, 0.29) is 30.6 Å². The number of nitro groups is 1. The van der Waals surface area contributed by atoms with Crippen LogP contribution in [0, 0.1) is 28.8 Å². The average Bonchev–Trinajstić information content (AvgIpc) is 2.85. The Morgan fingerprint density at radius 1 is 1.48 bits per heavy atom. The Morgan fingerprint density at radius 3 is 2.67 bits per heavy atom. The third-order valence-corrected chi connectivity index (χ3v) is 3.50. The minimum atomic E-state index is -1.02. The van der Waals surface area contributed by atoms with Crippen molar-refractivity contribution in [2.24, 2.45) is 5.92 Å². The molecule has 0 aliphatic carbocycles. The average molecular weight is 296 g/mol. The summed E-state index contributed by atoms with van der Waals surface area (Å²) < 4.78 is 13.4. The highest BCUT2D eigenvalue weighted by molar-refractivity contribution is 5.99. The Balaban J connectivity index is 2.36. The van der Waals surface area contributed by atoms with Crippen LogP contribution < -0.4 is 0 Å². The molecule has 1 aliphatic heterocycles. The third kappa shape index (κ3) is 2.83. The van der Waals surface area contributed by atoms with Gasteiger partial charge in [-0.2, -0.15) is 0 Å². The molecule has 1 aromatic rings. The van der Waals surface area contributed by atoms with Gasteiger partial charge in [0.15, 0.2) is 0 Å². The maximum Gasteiger partial charge on any atom is 0.308 e. The molecule has 0 spiro atoms. The molecule has 7 nitrogen and oxygen atoms in total. The van der Waals surface area contributed by atoms with Gasteiger partial charge in [0.05, 0.1) is 10.8 Å². The van der Waals surface area contributed by atoms with Gasteiger partial charge in [-0.05, 0) is 25.5 Å². The molecule has 8 heteroatoms. The molecule has 1 saturated heterocycles. The number of aryl methyl sites for hydroxylation is 1. The zero-order valence-electron chi connectivity index (χ0n) is 11.2. The van der Waals surface area contributed by atoms with Crippen molar-refractivity contribution in [1.29, 1.82) is 0 Å². The van der Waals surface area contributed by atoms with Crippen molar-refractivity contribution in [2.75, 3.05) is 13.1 Å². The molecule has 21 heavy (non-hydrogen) atoms. The standard InChI is InChI=1S/C13H13FN2O5/c1-7-4-9(14)5-10(11(7)16(20)21)12(17)15-3-2-8(6-15)13(18)19/h4-5,8H,2-3,6H2,1H3,(H,18,19). The van der Waals surface area contributed by atoms with Gasteiger partial charge in [-0.3, -0.25) is 19.7 Å². The minimum absolute atomic E-state index is 0.0269. The maximum atomic E-state index is 13.4. The molecular weight excluding hydrogens is 283 g/mol. The van der Waals surface area contributed by atoms with Crippen molar-refractivity contribution in [2.45, 2.75) is 13.3 Å². The van der Waals surface area contributed by atoms with Gasteiger partial charge in [0, 0.05) is 18.7 Å². The summed E-state index contributed by atoms with van der Waals surface area (Å²) in [6, 6.07) is 1.81. The van der Waals surface area contributed by atoms with Crippen LogP contribution in [0.1, 0.15) is 22.3 Å². The molecular formula is C13H13FN2O5. The molecule has 0 radical (unpaired) electrons. The number of aliphatic carboxylic acids is 1.